The fraction of sp³-hybridized carbons (Fsp3) is 0.333. The highest BCUT2D eigenvalue weighted by atomic mass is 16.7. The zero-order chi connectivity index (χ0) is 14.6. The van der Waals surface area contributed by atoms with Gasteiger partial charge in [0.25, 0.3) is 11.6 Å². The van der Waals surface area contributed by atoms with Gasteiger partial charge in [-0.05, 0) is 32.9 Å². The lowest BCUT2D eigenvalue weighted by atomic mass is 9.98. The summed E-state index contributed by atoms with van der Waals surface area (Å²) in [4.78, 5) is 37.5. The van der Waals surface area contributed by atoms with Gasteiger partial charge in [-0.2, -0.15) is 5.48 Å². The van der Waals surface area contributed by atoms with E-state index in [0.717, 1.165) is 0 Å². The molecule has 102 valence electrons. The summed E-state index contributed by atoms with van der Waals surface area (Å²) < 4.78 is 0. The highest BCUT2D eigenvalue weighted by molar-refractivity contribution is 5.94. The maximum absolute atomic E-state index is 11.6. The molecule has 0 bridgehead atoms. The van der Waals surface area contributed by atoms with Crippen LogP contribution >= 0.6 is 0 Å². The van der Waals surface area contributed by atoms with Crippen molar-refractivity contribution in [3.05, 3.63) is 39.9 Å². The molecule has 0 spiro atoms. The lowest BCUT2D eigenvalue weighted by Crippen LogP contribution is -2.33. The molecule has 0 aliphatic carbocycles. The molecule has 1 aromatic carbocycles. The number of nitro benzene ring substituents is 1. The van der Waals surface area contributed by atoms with E-state index in [4.69, 9.17) is 0 Å². The number of hydrogen-bond acceptors (Lipinski definition) is 5. The normalized spacial score (nSPS) is 10.7. The summed E-state index contributed by atoms with van der Waals surface area (Å²) in [6.45, 7) is 4.94. The van der Waals surface area contributed by atoms with E-state index in [1.165, 1.54) is 24.3 Å². The Morgan fingerprint density at radius 1 is 1.21 bits per heavy atom. The van der Waals surface area contributed by atoms with Crippen LogP contribution in [0.15, 0.2) is 24.3 Å². The fourth-order valence-electron chi connectivity index (χ4n) is 1.04. The molecule has 0 heterocycles. The van der Waals surface area contributed by atoms with Gasteiger partial charge in [0.15, 0.2) is 0 Å². The number of nitrogens with one attached hydrogen (secondary N) is 1. The molecule has 7 heteroatoms. The molecule has 0 unspecified atom stereocenters. The molecule has 19 heavy (non-hydrogen) atoms. The van der Waals surface area contributed by atoms with Gasteiger partial charge in [0.1, 0.15) is 0 Å². The first-order valence-electron chi connectivity index (χ1n) is 5.48. The molecule has 1 rings (SSSR count). The summed E-state index contributed by atoms with van der Waals surface area (Å²) >= 11 is 0. The van der Waals surface area contributed by atoms with Crippen molar-refractivity contribution in [2.75, 3.05) is 0 Å². The maximum atomic E-state index is 11.6. The van der Waals surface area contributed by atoms with Crippen LogP contribution in [0.1, 0.15) is 31.1 Å². The standard InChI is InChI=1S/C12H14N2O5/c1-12(2,3)11(16)19-13-10(15)8-4-6-9(7-5-8)14(17)18/h4-7H,1-3H3,(H,13,15). The predicted molar refractivity (Wildman–Crippen MR) is 66.1 cm³/mol. The Hall–Kier alpha value is -2.44. The number of nitrogens with zero attached hydrogens (tertiary/aromatic N) is 1. The zero-order valence-corrected chi connectivity index (χ0v) is 10.8. The first-order valence-corrected chi connectivity index (χ1v) is 5.48. The Balaban J connectivity index is 2.64. The molecular weight excluding hydrogens is 252 g/mol. The Kier molecular flexibility index (Phi) is 4.21. The van der Waals surface area contributed by atoms with Gasteiger partial charge in [0.05, 0.1) is 10.3 Å². The van der Waals surface area contributed by atoms with E-state index in [2.05, 4.69) is 4.84 Å². The molecule has 1 N–H and O–H groups in total. The lowest BCUT2D eigenvalue weighted by Gasteiger charge is -2.15. The lowest BCUT2D eigenvalue weighted by molar-refractivity contribution is -0.384. The minimum absolute atomic E-state index is 0.122. The summed E-state index contributed by atoms with van der Waals surface area (Å²) in [7, 11) is 0. The number of nitro groups is 1. The number of rotatable bonds is 2. The van der Waals surface area contributed by atoms with Crippen molar-refractivity contribution in [2.24, 2.45) is 5.41 Å². The number of non-ortho nitro benzene ring substituents is 1. The van der Waals surface area contributed by atoms with Gasteiger partial charge in [-0.3, -0.25) is 14.9 Å². The highest BCUT2D eigenvalue weighted by Crippen LogP contribution is 2.15. The van der Waals surface area contributed by atoms with Gasteiger partial charge in [0.2, 0.25) is 0 Å². The summed E-state index contributed by atoms with van der Waals surface area (Å²) in [5.41, 5.74) is 1.30. The molecule has 1 amide bonds. The Bertz CT molecular complexity index is 502. The third-order valence-electron chi connectivity index (χ3n) is 2.19. The number of benzene rings is 1. The molecule has 0 fully saturated rings. The molecule has 0 aliphatic heterocycles. The van der Waals surface area contributed by atoms with E-state index in [1.807, 2.05) is 5.48 Å². The smallest absolute Gasteiger partial charge is 0.337 e. The van der Waals surface area contributed by atoms with Gasteiger partial charge in [0, 0.05) is 17.7 Å². The highest BCUT2D eigenvalue weighted by Gasteiger charge is 2.24. The van der Waals surface area contributed by atoms with Gasteiger partial charge >= 0.3 is 5.97 Å². The SMILES string of the molecule is CC(C)(C)C(=O)ONC(=O)c1ccc([N+](=O)[O-])cc1. The van der Waals surface area contributed by atoms with Crippen LogP contribution in [0, 0.1) is 15.5 Å². The van der Waals surface area contributed by atoms with Crippen LogP contribution in [-0.2, 0) is 9.63 Å². The van der Waals surface area contributed by atoms with E-state index in [0.29, 0.717) is 0 Å². The van der Waals surface area contributed by atoms with Crippen LogP contribution in [0.4, 0.5) is 5.69 Å². The van der Waals surface area contributed by atoms with Gasteiger partial charge in [-0.1, -0.05) is 0 Å². The van der Waals surface area contributed by atoms with E-state index in [1.54, 1.807) is 20.8 Å². The summed E-state index contributed by atoms with van der Waals surface area (Å²) in [5.74, 6) is -1.23. The molecule has 0 saturated heterocycles. The van der Waals surface area contributed by atoms with Crippen molar-refractivity contribution in [3.8, 4) is 0 Å². The topological polar surface area (TPSA) is 98.5 Å². The van der Waals surface area contributed by atoms with Crippen LogP contribution in [-0.4, -0.2) is 16.8 Å². The van der Waals surface area contributed by atoms with Crippen molar-refractivity contribution in [1.29, 1.82) is 0 Å². The average Bonchev–Trinajstić information content (AvgIpc) is 2.34. The van der Waals surface area contributed by atoms with E-state index in [9.17, 15) is 19.7 Å². The third-order valence-corrected chi connectivity index (χ3v) is 2.19. The van der Waals surface area contributed by atoms with Crippen LogP contribution < -0.4 is 5.48 Å². The van der Waals surface area contributed by atoms with Crippen molar-refractivity contribution in [2.45, 2.75) is 20.8 Å². The number of hydroxylamine groups is 1. The zero-order valence-electron chi connectivity index (χ0n) is 10.8. The van der Waals surface area contributed by atoms with Crippen LogP contribution in [0.3, 0.4) is 0 Å². The number of carbonyl (C=O) groups is 2. The first kappa shape index (κ1) is 14.6. The molecule has 1 aromatic rings. The van der Waals surface area contributed by atoms with Crippen molar-refractivity contribution in [3.63, 3.8) is 0 Å². The summed E-state index contributed by atoms with van der Waals surface area (Å²) in [5, 5.41) is 10.4. The molecule has 0 saturated carbocycles. The third kappa shape index (κ3) is 4.06. The minimum Gasteiger partial charge on any atom is -0.340 e. The van der Waals surface area contributed by atoms with Crippen LogP contribution in [0.25, 0.3) is 0 Å². The van der Waals surface area contributed by atoms with Gasteiger partial charge < -0.3 is 4.84 Å². The summed E-state index contributed by atoms with van der Waals surface area (Å²) in [6.07, 6.45) is 0. The second-order valence-electron chi connectivity index (χ2n) is 4.87. The monoisotopic (exact) mass is 266 g/mol. The Labute approximate surface area is 109 Å². The summed E-state index contributed by atoms with van der Waals surface area (Å²) in [6, 6.07) is 4.94. The van der Waals surface area contributed by atoms with E-state index >= 15 is 0 Å². The quantitative estimate of drug-likeness (QED) is 0.650. The maximum Gasteiger partial charge on any atom is 0.337 e. The van der Waals surface area contributed by atoms with Crippen LogP contribution in [0.2, 0.25) is 0 Å². The van der Waals surface area contributed by atoms with Crippen molar-refractivity contribution < 1.29 is 19.3 Å². The second-order valence-corrected chi connectivity index (χ2v) is 4.87. The molecule has 7 nitrogen and oxygen atoms in total. The van der Waals surface area contributed by atoms with Gasteiger partial charge in [-0.15, -0.1) is 0 Å². The largest absolute Gasteiger partial charge is 0.340 e. The number of amides is 1. The average molecular weight is 266 g/mol. The van der Waals surface area contributed by atoms with Crippen molar-refractivity contribution in [1.82, 2.24) is 5.48 Å². The molecule has 0 radical (unpaired) electrons. The second kappa shape index (κ2) is 5.47. The fourth-order valence-corrected chi connectivity index (χ4v) is 1.04. The minimum atomic E-state index is -0.733. The molecule has 0 aromatic heterocycles. The van der Waals surface area contributed by atoms with Crippen LogP contribution in [0.5, 0.6) is 0 Å². The van der Waals surface area contributed by atoms with E-state index in [-0.39, 0.29) is 11.3 Å². The predicted octanol–water partition coefficient (Wildman–Crippen LogP) is 1.83. The number of carbonyl (C=O) groups excluding carboxylic acids is 2. The van der Waals surface area contributed by atoms with Crippen molar-refractivity contribution >= 4 is 17.6 Å². The molecular formula is C12H14N2O5. The Morgan fingerprint density at radius 3 is 2.16 bits per heavy atom. The molecule has 0 atom stereocenters. The van der Waals surface area contributed by atoms with Gasteiger partial charge in [-0.25, -0.2) is 4.79 Å². The first-order chi connectivity index (χ1) is 8.71. The van der Waals surface area contributed by atoms with E-state index < -0.39 is 22.2 Å². The Morgan fingerprint density at radius 2 is 1.74 bits per heavy atom. The number of hydrogen-bond donors (Lipinski definition) is 1. The molecule has 0 aliphatic rings.